The van der Waals surface area contributed by atoms with Gasteiger partial charge in [-0.1, -0.05) is 6.07 Å². The van der Waals surface area contributed by atoms with E-state index in [0.717, 1.165) is 55.5 Å². The Bertz CT molecular complexity index is 1540. The average Bonchev–Trinajstić information content (AvgIpc) is 3.01. The molecule has 0 spiro atoms. The third-order valence-electron chi connectivity index (χ3n) is 8.63. The summed E-state index contributed by atoms with van der Waals surface area (Å²) in [4.78, 5) is 23.4. The number of nitrogens with zero attached hydrogens (tertiary/aromatic N) is 5. The number of piperidine rings is 2. The van der Waals surface area contributed by atoms with Gasteiger partial charge in [0, 0.05) is 36.5 Å². The number of carbonyl (C=O) groups excluding carboxylic acids is 1. The van der Waals surface area contributed by atoms with Crippen LogP contribution in [0.2, 0.25) is 0 Å². The maximum Gasteiger partial charge on any atom is 0.301 e. The first-order chi connectivity index (χ1) is 21.4. The molecule has 1 amide bonds. The van der Waals surface area contributed by atoms with Gasteiger partial charge in [-0.25, -0.2) is 18.7 Å². The number of hydrogen-bond acceptors (Lipinski definition) is 9. The van der Waals surface area contributed by atoms with E-state index in [9.17, 15) is 18.8 Å². The molecule has 0 bridgehead atoms. The number of halogens is 2. The summed E-state index contributed by atoms with van der Waals surface area (Å²) in [5.41, 5.74) is 3.22. The summed E-state index contributed by atoms with van der Waals surface area (Å²) >= 11 is 0. The number of nitrogens with one attached hydrogen (secondary N) is 1. The number of carbonyl (C=O) groups is 1. The molecule has 3 saturated heterocycles. The second-order valence-electron chi connectivity index (χ2n) is 11.4. The molecular formula is C32H34F2N6O4. The van der Waals surface area contributed by atoms with Gasteiger partial charge in [-0.2, -0.15) is 5.26 Å². The molecule has 0 radical (unpaired) electrons. The molecule has 6 rings (SSSR count). The van der Waals surface area contributed by atoms with Crippen molar-refractivity contribution in [2.24, 2.45) is 0 Å². The summed E-state index contributed by atoms with van der Waals surface area (Å²) in [7, 11) is 1.68. The summed E-state index contributed by atoms with van der Waals surface area (Å²) in [6.45, 7) is 3.21. The quantitative estimate of drug-likeness (QED) is 0.351. The van der Waals surface area contributed by atoms with Gasteiger partial charge < -0.3 is 24.4 Å². The second-order valence-corrected chi connectivity index (χ2v) is 11.4. The van der Waals surface area contributed by atoms with Crippen LogP contribution in [0.5, 0.6) is 11.5 Å². The lowest BCUT2D eigenvalue weighted by atomic mass is 9.88. The van der Waals surface area contributed by atoms with Gasteiger partial charge in [0.05, 0.1) is 44.2 Å². The lowest BCUT2D eigenvalue weighted by Gasteiger charge is -2.41. The van der Waals surface area contributed by atoms with Gasteiger partial charge in [0.15, 0.2) is 6.10 Å². The molecule has 230 valence electrons. The predicted molar refractivity (Wildman–Crippen MR) is 158 cm³/mol. The van der Waals surface area contributed by atoms with Crippen molar-refractivity contribution in [2.45, 2.75) is 43.2 Å². The summed E-state index contributed by atoms with van der Waals surface area (Å²) in [6, 6.07) is 15.1. The van der Waals surface area contributed by atoms with Gasteiger partial charge in [-0.3, -0.25) is 9.69 Å². The average molecular weight is 605 g/mol. The highest BCUT2D eigenvalue weighted by Gasteiger charge is 2.46. The molecule has 3 fully saturated rings. The Morgan fingerprint density at radius 1 is 1.09 bits per heavy atom. The minimum absolute atomic E-state index is 0.0411. The summed E-state index contributed by atoms with van der Waals surface area (Å²) < 4.78 is 45.9. The zero-order valence-electron chi connectivity index (χ0n) is 24.4. The summed E-state index contributed by atoms with van der Waals surface area (Å²) in [6.07, 6.45) is 2.68. The molecule has 44 heavy (non-hydrogen) atoms. The number of alkyl halides is 2. The van der Waals surface area contributed by atoms with Crippen molar-refractivity contribution in [3.63, 3.8) is 0 Å². The smallest absolute Gasteiger partial charge is 0.301 e. The lowest BCUT2D eigenvalue weighted by Crippen LogP contribution is -2.53. The van der Waals surface area contributed by atoms with Crippen LogP contribution in [0.25, 0.3) is 11.3 Å². The van der Waals surface area contributed by atoms with Crippen molar-refractivity contribution in [2.75, 3.05) is 51.8 Å². The highest BCUT2D eigenvalue weighted by Crippen LogP contribution is 2.37. The Labute approximate surface area is 254 Å². The number of methoxy groups -OCH3 is 1. The van der Waals surface area contributed by atoms with E-state index in [2.05, 4.69) is 26.3 Å². The van der Waals surface area contributed by atoms with E-state index in [4.69, 9.17) is 14.2 Å². The molecule has 3 aromatic rings. The normalized spacial score (nSPS) is 20.8. The van der Waals surface area contributed by atoms with E-state index < -0.39 is 18.6 Å². The number of ether oxygens (including phenoxy) is 3. The van der Waals surface area contributed by atoms with Crippen LogP contribution < -0.4 is 14.8 Å². The number of benzene rings is 2. The Hall–Kier alpha value is -4.34. The maximum atomic E-state index is 14.6. The number of amides is 1. The van der Waals surface area contributed by atoms with E-state index in [1.807, 2.05) is 18.2 Å². The van der Waals surface area contributed by atoms with Crippen LogP contribution >= 0.6 is 0 Å². The number of likely N-dealkylation sites (tertiary alicyclic amines) is 2. The third-order valence-corrected chi connectivity index (χ3v) is 8.63. The molecule has 1 atom stereocenters. The number of aromatic nitrogens is 2. The van der Waals surface area contributed by atoms with Gasteiger partial charge in [-0.05, 0) is 67.7 Å². The summed E-state index contributed by atoms with van der Waals surface area (Å²) in [5.74, 6) is -1.58. The van der Waals surface area contributed by atoms with Crippen LogP contribution in [0, 0.1) is 11.3 Å². The maximum absolute atomic E-state index is 14.6. The predicted octanol–water partition coefficient (Wildman–Crippen LogP) is 4.59. The van der Waals surface area contributed by atoms with E-state index in [1.54, 1.807) is 31.5 Å². The van der Waals surface area contributed by atoms with Crippen molar-refractivity contribution in [3.8, 4) is 28.8 Å². The molecule has 10 nitrogen and oxygen atoms in total. The fraction of sp³-hybridized carbons (Fsp3) is 0.438. The molecule has 12 heteroatoms. The molecule has 1 N–H and O–H groups in total. The van der Waals surface area contributed by atoms with Crippen molar-refractivity contribution >= 4 is 18.0 Å². The first-order valence-electron chi connectivity index (χ1n) is 14.7. The van der Waals surface area contributed by atoms with Crippen LogP contribution in [0.15, 0.2) is 48.7 Å². The molecular weight excluding hydrogens is 570 g/mol. The third kappa shape index (κ3) is 6.30. The van der Waals surface area contributed by atoms with Crippen LogP contribution in [-0.2, 0) is 9.53 Å². The highest BCUT2D eigenvalue weighted by molar-refractivity contribution is 5.66. The molecule has 2 aromatic carbocycles. The van der Waals surface area contributed by atoms with Gasteiger partial charge in [0.2, 0.25) is 12.4 Å². The fourth-order valence-corrected chi connectivity index (χ4v) is 6.06. The first-order valence-corrected chi connectivity index (χ1v) is 14.7. The Morgan fingerprint density at radius 3 is 2.59 bits per heavy atom. The Morgan fingerprint density at radius 2 is 1.91 bits per heavy atom. The molecule has 0 saturated carbocycles. The number of nitriles is 1. The van der Waals surface area contributed by atoms with Crippen LogP contribution in [0.1, 0.15) is 36.3 Å². The van der Waals surface area contributed by atoms with Crippen LogP contribution in [0.3, 0.4) is 0 Å². The number of rotatable bonds is 9. The molecule has 1 aromatic heterocycles. The second kappa shape index (κ2) is 12.7. The SMILES string of the molecule is COc1cc(Nc2nccc(-c3ccc(OC4CCN(C=O)CC4(F)F)c(C#N)c3)n2)ccc1C1CCN(C2COC2)CC1. The lowest BCUT2D eigenvalue weighted by molar-refractivity contribution is -0.151. The summed E-state index contributed by atoms with van der Waals surface area (Å²) in [5, 5.41) is 13.0. The standard InChI is InChI=1S/C32H34F2N6O4/c1-42-29-15-24(3-4-26(29)21-7-12-40(13-8-21)25-17-43-18-25)37-31-36-10-6-27(38-31)22-2-5-28(23(14-22)16-35)44-30-9-11-39(20-41)19-32(30,33)34/h2-6,10,14-15,20-21,25,30H,7-9,11-13,17-19H2,1H3,(H,36,37,38). The van der Waals surface area contributed by atoms with E-state index in [1.165, 1.54) is 11.6 Å². The zero-order valence-corrected chi connectivity index (χ0v) is 24.4. The minimum atomic E-state index is -3.23. The van der Waals surface area contributed by atoms with Crippen molar-refractivity contribution in [3.05, 3.63) is 59.8 Å². The molecule has 3 aliphatic heterocycles. The van der Waals surface area contributed by atoms with Crippen molar-refractivity contribution < 1.29 is 27.8 Å². The van der Waals surface area contributed by atoms with E-state index >= 15 is 0 Å². The van der Waals surface area contributed by atoms with Crippen molar-refractivity contribution in [1.82, 2.24) is 19.8 Å². The topological polar surface area (TPSA) is 113 Å². The first kappa shape index (κ1) is 29.7. The number of anilines is 2. The Balaban J connectivity index is 1.14. The van der Waals surface area contributed by atoms with Gasteiger partial charge in [0.1, 0.15) is 17.6 Å². The minimum Gasteiger partial charge on any atom is -0.496 e. The molecule has 1 unspecified atom stereocenters. The van der Waals surface area contributed by atoms with Gasteiger partial charge in [-0.15, -0.1) is 0 Å². The van der Waals surface area contributed by atoms with Gasteiger partial charge in [0.25, 0.3) is 0 Å². The molecule has 0 aliphatic carbocycles. The van der Waals surface area contributed by atoms with Crippen molar-refractivity contribution in [1.29, 1.82) is 5.26 Å². The Kier molecular flexibility index (Phi) is 8.59. The van der Waals surface area contributed by atoms with Crippen LogP contribution in [0.4, 0.5) is 20.4 Å². The largest absolute Gasteiger partial charge is 0.496 e. The van der Waals surface area contributed by atoms with E-state index in [-0.39, 0.29) is 24.3 Å². The molecule has 4 heterocycles. The fourth-order valence-electron chi connectivity index (χ4n) is 6.06. The highest BCUT2D eigenvalue weighted by atomic mass is 19.3. The van der Waals surface area contributed by atoms with Crippen LogP contribution in [-0.4, -0.2) is 90.7 Å². The van der Waals surface area contributed by atoms with E-state index in [0.29, 0.717) is 35.6 Å². The monoisotopic (exact) mass is 604 g/mol. The molecule has 3 aliphatic rings. The number of hydrogen-bond donors (Lipinski definition) is 1. The zero-order chi connectivity index (χ0) is 30.7. The van der Waals surface area contributed by atoms with Gasteiger partial charge >= 0.3 is 5.92 Å².